The average Bonchev–Trinajstić information content (AvgIpc) is 2.73. The number of fused-ring (bicyclic) bond motifs is 1. The predicted octanol–water partition coefficient (Wildman–Crippen LogP) is 1.52. The summed E-state index contributed by atoms with van der Waals surface area (Å²) in [5.74, 6) is -0.0943. The molecule has 0 aliphatic carbocycles. The van der Waals surface area contributed by atoms with Gasteiger partial charge >= 0.3 is 0 Å². The van der Waals surface area contributed by atoms with Crippen LogP contribution in [0.4, 0.5) is 11.4 Å². The summed E-state index contributed by atoms with van der Waals surface area (Å²) in [6, 6.07) is 6.71. The number of carbonyl (C=O) groups excluding carboxylic acids is 2. The Hall–Kier alpha value is -2.67. The van der Waals surface area contributed by atoms with Crippen LogP contribution in [0.2, 0.25) is 0 Å². The zero-order valence-corrected chi connectivity index (χ0v) is 15.9. The molecule has 0 radical (unpaired) electrons. The van der Waals surface area contributed by atoms with E-state index in [0.29, 0.717) is 12.6 Å². The lowest BCUT2D eigenvalue weighted by Gasteiger charge is -2.34. The Morgan fingerprint density at radius 3 is 2.70 bits per heavy atom. The number of nitrogens with one attached hydrogen (secondary N) is 2. The number of anilines is 2. The van der Waals surface area contributed by atoms with E-state index >= 15 is 0 Å². The van der Waals surface area contributed by atoms with Crippen LogP contribution in [0.1, 0.15) is 19.3 Å². The van der Waals surface area contributed by atoms with E-state index in [-0.39, 0.29) is 12.3 Å². The summed E-state index contributed by atoms with van der Waals surface area (Å²) >= 11 is 0. The number of rotatable bonds is 7. The molecule has 2 heterocycles. The van der Waals surface area contributed by atoms with Crippen molar-refractivity contribution in [2.75, 3.05) is 43.5 Å². The first-order valence-corrected chi connectivity index (χ1v) is 9.39. The van der Waals surface area contributed by atoms with Crippen molar-refractivity contribution in [3.63, 3.8) is 0 Å². The molecule has 0 atom stereocenters. The van der Waals surface area contributed by atoms with Gasteiger partial charge in [-0.25, -0.2) is 0 Å². The Morgan fingerprint density at radius 2 is 2.04 bits per heavy atom. The van der Waals surface area contributed by atoms with Crippen molar-refractivity contribution < 1.29 is 9.59 Å². The fourth-order valence-corrected chi connectivity index (χ4v) is 3.65. The molecule has 7 nitrogen and oxygen atoms in total. The van der Waals surface area contributed by atoms with E-state index in [0.717, 1.165) is 54.5 Å². The van der Waals surface area contributed by atoms with Crippen LogP contribution >= 0.6 is 0 Å². The Kier molecular flexibility index (Phi) is 6.24. The lowest BCUT2D eigenvalue weighted by molar-refractivity contribution is -0.120. The van der Waals surface area contributed by atoms with Crippen LogP contribution in [0.15, 0.2) is 30.6 Å². The Labute approximate surface area is 159 Å². The van der Waals surface area contributed by atoms with Crippen LogP contribution in [-0.4, -0.2) is 57.1 Å². The van der Waals surface area contributed by atoms with E-state index in [2.05, 4.69) is 26.6 Å². The molecule has 1 fully saturated rings. The minimum Gasteiger partial charge on any atom is -0.371 e. The van der Waals surface area contributed by atoms with Crippen molar-refractivity contribution in [2.45, 2.75) is 25.3 Å². The van der Waals surface area contributed by atoms with Crippen molar-refractivity contribution >= 4 is 34.5 Å². The molecule has 27 heavy (non-hydrogen) atoms. The molecule has 2 N–H and O–H groups in total. The molecule has 1 saturated heterocycles. The van der Waals surface area contributed by atoms with Crippen molar-refractivity contribution in [1.29, 1.82) is 0 Å². The van der Waals surface area contributed by atoms with Crippen molar-refractivity contribution in [2.24, 2.45) is 0 Å². The van der Waals surface area contributed by atoms with E-state index < -0.39 is 0 Å². The third-order valence-corrected chi connectivity index (χ3v) is 5.30. The van der Waals surface area contributed by atoms with E-state index in [4.69, 9.17) is 0 Å². The van der Waals surface area contributed by atoms with E-state index in [1.807, 2.05) is 25.4 Å². The van der Waals surface area contributed by atoms with Crippen molar-refractivity contribution in [3.8, 4) is 0 Å². The molecule has 0 bridgehead atoms. The first-order chi connectivity index (χ1) is 13.2. The highest BCUT2D eigenvalue weighted by molar-refractivity contribution is 6.03. The fraction of sp³-hybridized carbons (Fsp3) is 0.450. The first-order valence-electron chi connectivity index (χ1n) is 9.39. The average molecular weight is 369 g/mol. The van der Waals surface area contributed by atoms with Crippen LogP contribution < -0.4 is 20.4 Å². The van der Waals surface area contributed by atoms with Crippen LogP contribution in [0, 0.1) is 0 Å². The number of carbonyl (C=O) groups is 2. The molecule has 1 aliphatic rings. The standard InChI is InChI=1S/C20H27N5O2/c1-21-15-6-9-24(10-7-15)18-5-3-4-16-17(18)12-23-13-19(16)25(14-26)11-8-20(27)22-2/h3-5,12-15,21H,6-11H2,1-2H3,(H,22,27). The smallest absolute Gasteiger partial charge is 0.221 e. The highest BCUT2D eigenvalue weighted by Gasteiger charge is 2.20. The molecule has 1 aromatic carbocycles. The number of amides is 2. The van der Waals surface area contributed by atoms with E-state index in [9.17, 15) is 9.59 Å². The van der Waals surface area contributed by atoms with Crippen molar-refractivity contribution in [1.82, 2.24) is 15.6 Å². The molecule has 3 rings (SSSR count). The molecular weight excluding hydrogens is 342 g/mol. The molecule has 7 heteroatoms. The maximum absolute atomic E-state index is 11.7. The van der Waals surface area contributed by atoms with E-state index in [1.54, 1.807) is 18.1 Å². The number of aromatic nitrogens is 1. The highest BCUT2D eigenvalue weighted by Crippen LogP contribution is 2.33. The fourth-order valence-electron chi connectivity index (χ4n) is 3.65. The van der Waals surface area contributed by atoms with Gasteiger partial charge in [0.1, 0.15) is 0 Å². The van der Waals surface area contributed by atoms with Gasteiger partial charge in [0.05, 0.1) is 11.9 Å². The van der Waals surface area contributed by atoms with Gasteiger partial charge in [0.15, 0.2) is 0 Å². The number of pyridine rings is 1. The normalized spacial score (nSPS) is 15.0. The third-order valence-electron chi connectivity index (χ3n) is 5.30. The summed E-state index contributed by atoms with van der Waals surface area (Å²) < 4.78 is 0. The lowest BCUT2D eigenvalue weighted by Crippen LogP contribution is -2.41. The van der Waals surface area contributed by atoms with Gasteiger partial charge < -0.3 is 20.4 Å². The maximum Gasteiger partial charge on any atom is 0.221 e. The highest BCUT2D eigenvalue weighted by atomic mass is 16.2. The minimum absolute atomic E-state index is 0.0943. The summed E-state index contributed by atoms with van der Waals surface area (Å²) in [5, 5.41) is 7.95. The van der Waals surface area contributed by atoms with Gasteiger partial charge in [-0.3, -0.25) is 14.6 Å². The second kappa shape index (κ2) is 8.81. The van der Waals surface area contributed by atoms with Gasteiger partial charge in [-0.05, 0) is 26.0 Å². The molecule has 2 amide bonds. The second-order valence-electron chi connectivity index (χ2n) is 6.80. The van der Waals surface area contributed by atoms with Gasteiger partial charge in [-0.15, -0.1) is 0 Å². The quantitative estimate of drug-likeness (QED) is 0.724. The summed E-state index contributed by atoms with van der Waals surface area (Å²) in [5.41, 5.74) is 1.88. The lowest BCUT2D eigenvalue weighted by atomic mass is 10.0. The topological polar surface area (TPSA) is 77.6 Å². The molecule has 144 valence electrons. The largest absolute Gasteiger partial charge is 0.371 e. The monoisotopic (exact) mass is 369 g/mol. The number of piperidine rings is 1. The zero-order valence-electron chi connectivity index (χ0n) is 15.9. The number of hydrogen-bond donors (Lipinski definition) is 2. The van der Waals surface area contributed by atoms with Gasteiger partial charge in [0.2, 0.25) is 12.3 Å². The van der Waals surface area contributed by atoms with Crippen LogP contribution in [0.5, 0.6) is 0 Å². The Morgan fingerprint density at radius 1 is 1.26 bits per heavy atom. The van der Waals surface area contributed by atoms with Crippen molar-refractivity contribution in [3.05, 3.63) is 30.6 Å². The predicted molar refractivity (Wildman–Crippen MR) is 108 cm³/mol. The summed E-state index contributed by atoms with van der Waals surface area (Å²) in [6.45, 7) is 2.30. The summed E-state index contributed by atoms with van der Waals surface area (Å²) in [7, 11) is 3.61. The molecule has 1 aromatic heterocycles. The zero-order chi connectivity index (χ0) is 19.2. The molecule has 0 spiro atoms. The molecular formula is C20H27N5O2. The Balaban J connectivity index is 1.90. The second-order valence-corrected chi connectivity index (χ2v) is 6.80. The van der Waals surface area contributed by atoms with Gasteiger partial charge in [-0.1, -0.05) is 12.1 Å². The number of benzene rings is 1. The molecule has 2 aromatic rings. The summed E-state index contributed by atoms with van der Waals surface area (Å²) in [4.78, 5) is 31.5. The summed E-state index contributed by atoms with van der Waals surface area (Å²) in [6.07, 6.45) is 6.78. The van der Waals surface area contributed by atoms with Gasteiger partial charge in [0.25, 0.3) is 0 Å². The number of hydrogen-bond acceptors (Lipinski definition) is 5. The molecule has 0 unspecified atom stereocenters. The Bertz CT molecular complexity index is 802. The number of nitrogens with zero attached hydrogens (tertiary/aromatic N) is 3. The van der Waals surface area contributed by atoms with Crippen LogP contribution in [-0.2, 0) is 9.59 Å². The SMILES string of the molecule is CNC(=O)CCN(C=O)c1cncc2c(N3CCC(NC)CC3)cccc12. The molecule has 0 saturated carbocycles. The van der Waals surface area contributed by atoms with Gasteiger partial charge in [0, 0.05) is 61.8 Å². The maximum atomic E-state index is 11.7. The van der Waals surface area contributed by atoms with E-state index in [1.165, 1.54) is 0 Å². The first kappa shape index (κ1) is 19.1. The van der Waals surface area contributed by atoms with Gasteiger partial charge in [-0.2, -0.15) is 0 Å². The van der Waals surface area contributed by atoms with Crippen LogP contribution in [0.25, 0.3) is 10.8 Å². The molecule has 1 aliphatic heterocycles. The van der Waals surface area contributed by atoms with Crippen LogP contribution in [0.3, 0.4) is 0 Å². The third kappa shape index (κ3) is 4.19. The minimum atomic E-state index is -0.0943.